The van der Waals surface area contributed by atoms with Crippen molar-refractivity contribution in [3.05, 3.63) is 28.7 Å². The van der Waals surface area contributed by atoms with Crippen molar-refractivity contribution in [2.45, 2.75) is 23.8 Å². The number of halogens is 1. The molecule has 0 spiro atoms. The molecule has 82 valence electrons. The van der Waals surface area contributed by atoms with Gasteiger partial charge in [-0.15, -0.1) is 0 Å². The zero-order valence-electron chi connectivity index (χ0n) is 8.35. The van der Waals surface area contributed by atoms with Gasteiger partial charge in [-0.3, -0.25) is 0 Å². The summed E-state index contributed by atoms with van der Waals surface area (Å²) >= 11 is 3.28. The zero-order valence-corrected chi connectivity index (χ0v) is 10.8. The van der Waals surface area contributed by atoms with Crippen LogP contribution < -0.4 is 0 Å². The number of sulfonamides is 1. The van der Waals surface area contributed by atoms with E-state index in [1.165, 1.54) is 4.31 Å². The van der Waals surface area contributed by atoms with Crippen LogP contribution in [0.5, 0.6) is 0 Å². The van der Waals surface area contributed by atoms with Crippen LogP contribution in [-0.2, 0) is 10.0 Å². The third kappa shape index (κ3) is 2.24. The summed E-state index contributed by atoms with van der Waals surface area (Å²) in [7, 11) is -1.63. The molecule has 3 nitrogen and oxygen atoms in total. The fourth-order valence-corrected chi connectivity index (χ4v) is 3.09. The number of rotatable bonds is 3. The molecule has 0 heterocycles. The summed E-state index contributed by atoms with van der Waals surface area (Å²) in [6.07, 6.45) is 1.96. The summed E-state index contributed by atoms with van der Waals surface area (Å²) in [4.78, 5) is 0.361. The number of hydrogen-bond acceptors (Lipinski definition) is 2. The van der Waals surface area contributed by atoms with Gasteiger partial charge in [0.25, 0.3) is 0 Å². The lowest BCUT2D eigenvalue weighted by atomic mass is 10.4. The highest BCUT2D eigenvalue weighted by Gasteiger charge is 2.34. The monoisotopic (exact) mass is 289 g/mol. The Hall–Kier alpha value is -0.390. The smallest absolute Gasteiger partial charge is 0.207 e. The maximum atomic E-state index is 12.0. The Morgan fingerprint density at radius 1 is 1.27 bits per heavy atom. The molecule has 1 aliphatic carbocycles. The summed E-state index contributed by atoms with van der Waals surface area (Å²) < 4.78 is 26.4. The molecule has 1 aliphatic rings. The normalized spacial score (nSPS) is 17.0. The predicted molar refractivity (Wildman–Crippen MR) is 62.1 cm³/mol. The van der Waals surface area contributed by atoms with E-state index in [0.29, 0.717) is 4.90 Å². The lowest BCUT2D eigenvalue weighted by Crippen LogP contribution is -2.28. The van der Waals surface area contributed by atoms with E-state index in [4.69, 9.17) is 0 Å². The lowest BCUT2D eigenvalue weighted by molar-refractivity contribution is 0.464. The molecule has 0 aliphatic heterocycles. The first kappa shape index (κ1) is 11.1. The molecule has 0 amide bonds. The van der Waals surface area contributed by atoms with Gasteiger partial charge in [0.2, 0.25) is 10.0 Å². The molecule has 1 aromatic rings. The van der Waals surface area contributed by atoms with Gasteiger partial charge in [0, 0.05) is 17.6 Å². The second-order valence-electron chi connectivity index (χ2n) is 3.71. The average molecular weight is 290 g/mol. The van der Waals surface area contributed by atoms with Crippen LogP contribution in [0.15, 0.2) is 33.6 Å². The van der Waals surface area contributed by atoms with Gasteiger partial charge in [-0.25, -0.2) is 8.42 Å². The minimum atomic E-state index is -3.28. The Bertz CT molecular complexity index is 451. The van der Waals surface area contributed by atoms with Crippen molar-refractivity contribution in [3.8, 4) is 0 Å². The summed E-state index contributed by atoms with van der Waals surface area (Å²) in [5.74, 6) is 0. The number of nitrogens with zero attached hydrogens (tertiary/aromatic N) is 1. The molecule has 0 aromatic heterocycles. The van der Waals surface area contributed by atoms with Gasteiger partial charge < -0.3 is 0 Å². The summed E-state index contributed by atoms with van der Waals surface area (Å²) in [5, 5.41) is 0. The quantitative estimate of drug-likeness (QED) is 0.856. The maximum absolute atomic E-state index is 12.0. The van der Waals surface area contributed by atoms with Crippen molar-refractivity contribution in [1.82, 2.24) is 4.31 Å². The molecule has 1 fully saturated rings. The average Bonchev–Trinajstić information content (AvgIpc) is 3.00. The van der Waals surface area contributed by atoms with Gasteiger partial charge in [-0.2, -0.15) is 4.31 Å². The molecule has 5 heteroatoms. The fourth-order valence-electron chi connectivity index (χ4n) is 1.41. The summed E-state index contributed by atoms with van der Waals surface area (Å²) in [6.45, 7) is 0. The van der Waals surface area contributed by atoms with E-state index in [0.717, 1.165) is 17.3 Å². The van der Waals surface area contributed by atoms with E-state index in [1.807, 2.05) is 0 Å². The van der Waals surface area contributed by atoms with E-state index < -0.39 is 10.0 Å². The van der Waals surface area contributed by atoms with Crippen LogP contribution in [0.2, 0.25) is 0 Å². The van der Waals surface area contributed by atoms with E-state index >= 15 is 0 Å². The molecule has 15 heavy (non-hydrogen) atoms. The molecule has 0 saturated heterocycles. The van der Waals surface area contributed by atoms with Gasteiger partial charge >= 0.3 is 0 Å². The first-order chi connectivity index (χ1) is 7.01. The van der Waals surface area contributed by atoms with Crippen LogP contribution in [0.1, 0.15) is 12.8 Å². The standard InChI is InChI=1S/C10H12BrNO2S/c1-12(9-4-5-9)15(13,14)10-6-2-8(11)3-7-10/h2-3,6-7,9H,4-5H2,1H3. The van der Waals surface area contributed by atoms with Crippen LogP contribution in [0.25, 0.3) is 0 Å². The molecule has 0 N–H and O–H groups in total. The van der Waals surface area contributed by atoms with Crippen molar-refractivity contribution in [3.63, 3.8) is 0 Å². The molecule has 0 bridgehead atoms. The van der Waals surface area contributed by atoms with Crippen molar-refractivity contribution < 1.29 is 8.42 Å². The molecule has 0 radical (unpaired) electrons. The Labute approximate surface area is 98.3 Å². The second-order valence-corrected chi connectivity index (χ2v) is 6.62. The van der Waals surface area contributed by atoms with Gasteiger partial charge in [-0.1, -0.05) is 15.9 Å². The minimum absolute atomic E-state index is 0.207. The minimum Gasteiger partial charge on any atom is -0.207 e. The molecule has 1 saturated carbocycles. The molecule has 0 unspecified atom stereocenters. The van der Waals surface area contributed by atoms with Gasteiger partial charge in [0.15, 0.2) is 0 Å². The lowest BCUT2D eigenvalue weighted by Gasteiger charge is -2.16. The number of hydrogen-bond donors (Lipinski definition) is 0. The highest BCUT2D eigenvalue weighted by Crippen LogP contribution is 2.30. The Kier molecular flexibility index (Phi) is 2.87. The number of benzene rings is 1. The Morgan fingerprint density at radius 3 is 2.27 bits per heavy atom. The van der Waals surface area contributed by atoms with Crippen LogP contribution in [-0.4, -0.2) is 25.8 Å². The van der Waals surface area contributed by atoms with Crippen molar-refractivity contribution >= 4 is 26.0 Å². The van der Waals surface area contributed by atoms with E-state index in [-0.39, 0.29) is 6.04 Å². The molecular weight excluding hydrogens is 278 g/mol. The first-order valence-electron chi connectivity index (χ1n) is 4.75. The van der Waals surface area contributed by atoms with Gasteiger partial charge in [0.1, 0.15) is 0 Å². The molecule has 0 atom stereocenters. The third-order valence-electron chi connectivity index (χ3n) is 2.55. The van der Waals surface area contributed by atoms with Crippen LogP contribution in [0, 0.1) is 0 Å². The molecule has 1 aromatic carbocycles. The molecular formula is C10H12BrNO2S. The second kappa shape index (κ2) is 3.88. The highest BCUT2D eigenvalue weighted by atomic mass is 79.9. The van der Waals surface area contributed by atoms with Gasteiger partial charge in [-0.05, 0) is 37.1 Å². The Morgan fingerprint density at radius 2 is 1.80 bits per heavy atom. The predicted octanol–water partition coefficient (Wildman–Crippen LogP) is 2.23. The first-order valence-corrected chi connectivity index (χ1v) is 6.99. The van der Waals surface area contributed by atoms with Crippen molar-refractivity contribution in [2.75, 3.05) is 7.05 Å². The topological polar surface area (TPSA) is 37.4 Å². The SMILES string of the molecule is CN(C1CC1)S(=O)(=O)c1ccc(Br)cc1. The van der Waals surface area contributed by atoms with Gasteiger partial charge in [0.05, 0.1) is 4.90 Å². The van der Waals surface area contributed by atoms with Crippen molar-refractivity contribution in [2.24, 2.45) is 0 Å². The highest BCUT2D eigenvalue weighted by molar-refractivity contribution is 9.10. The zero-order chi connectivity index (χ0) is 11.1. The Balaban J connectivity index is 2.32. The summed E-state index contributed by atoms with van der Waals surface area (Å²) in [5.41, 5.74) is 0. The largest absolute Gasteiger partial charge is 0.243 e. The van der Waals surface area contributed by atoms with E-state index in [1.54, 1.807) is 31.3 Å². The molecule has 2 rings (SSSR count). The van der Waals surface area contributed by atoms with Crippen LogP contribution >= 0.6 is 15.9 Å². The van der Waals surface area contributed by atoms with E-state index in [9.17, 15) is 8.42 Å². The van der Waals surface area contributed by atoms with E-state index in [2.05, 4.69) is 15.9 Å². The summed E-state index contributed by atoms with van der Waals surface area (Å²) in [6, 6.07) is 6.94. The maximum Gasteiger partial charge on any atom is 0.243 e. The van der Waals surface area contributed by atoms with Crippen LogP contribution in [0.3, 0.4) is 0 Å². The van der Waals surface area contributed by atoms with Crippen molar-refractivity contribution in [1.29, 1.82) is 0 Å². The third-order valence-corrected chi connectivity index (χ3v) is 5.00. The fraction of sp³-hybridized carbons (Fsp3) is 0.400. The van der Waals surface area contributed by atoms with Crippen LogP contribution in [0.4, 0.5) is 0 Å².